The molecule has 0 unspecified atom stereocenters. The standard InChI is InChI=1S/C17H22N4O2/c1-23-15-8-6-14(7-9-15)16-5-3-2-4-10-21(16)17(22)11-20-13-18-12-19-20/h6-9,12-13,16H,2-5,10-11H2,1H3/t16-/m1/s1. The van der Waals surface area contributed by atoms with Crippen LogP contribution >= 0.6 is 0 Å². The Hall–Kier alpha value is -2.37. The van der Waals surface area contributed by atoms with E-state index in [1.807, 2.05) is 17.0 Å². The van der Waals surface area contributed by atoms with Gasteiger partial charge in [-0.2, -0.15) is 5.10 Å². The van der Waals surface area contributed by atoms with Crippen LogP contribution in [0.15, 0.2) is 36.9 Å². The van der Waals surface area contributed by atoms with E-state index in [0.717, 1.165) is 31.6 Å². The predicted octanol–water partition coefficient (Wildman–Crippen LogP) is 2.43. The van der Waals surface area contributed by atoms with Crippen LogP contribution in [0.2, 0.25) is 0 Å². The highest BCUT2D eigenvalue weighted by atomic mass is 16.5. The molecular weight excluding hydrogens is 292 g/mol. The minimum absolute atomic E-state index is 0.0956. The molecule has 3 rings (SSSR count). The third-order valence-electron chi connectivity index (χ3n) is 4.34. The van der Waals surface area contributed by atoms with Crippen LogP contribution in [-0.2, 0) is 11.3 Å². The highest BCUT2D eigenvalue weighted by Gasteiger charge is 2.26. The molecule has 122 valence electrons. The number of amides is 1. The molecule has 1 saturated heterocycles. The SMILES string of the molecule is COc1ccc([C@H]2CCCCCN2C(=O)Cn2cncn2)cc1. The van der Waals surface area contributed by atoms with Crippen LogP contribution in [0.25, 0.3) is 0 Å². The van der Waals surface area contributed by atoms with Gasteiger partial charge in [0.25, 0.3) is 0 Å². The quantitative estimate of drug-likeness (QED) is 0.869. The normalized spacial score (nSPS) is 18.5. The van der Waals surface area contributed by atoms with Gasteiger partial charge in [0.15, 0.2) is 0 Å². The predicted molar refractivity (Wildman–Crippen MR) is 85.9 cm³/mol. The number of hydrogen-bond donors (Lipinski definition) is 0. The molecule has 0 spiro atoms. The first kappa shape index (κ1) is 15.5. The number of aromatic nitrogens is 3. The fourth-order valence-corrected chi connectivity index (χ4v) is 3.12. The monoisotopic (exact) mass is 314 g/mol. The molecule has 1 amide bonds. The Morgan fingerprint density at radius 3 is 2.78 bits per heavy atom. The largest absolute Gasteiger partial charge is 0.497 e. The summed E-state index contributed by atoms with van der Waals surface area (Å²) in [5.41, 5.74) is 1.17. The van der Waals surface area contributed by atoms with Crippen molar-refractivity contribution < 1.29 is 9.53 Å². The third kappa shape index (κ3) is 3.70. The molecule has 2 aromatic rings. The number of benzene rings is 1. The number of ether oxygens (including phenoxy) is 1. The Balaban J connectivity index is 1.80. The lowest BCUT2D eigenvalue weighted by atomic mass is 10.0. The van der Waals surface area contributed by atoms with Gasteiger partial charge in [0.1, 0.15) is 24.9 Å². The molecule has 1 aromatic carbocycles. The molecular formula is C17H22N4O2. The van der Waals surface area contributed by atoms with Crippen molar-refractivity contribution >= 4 is 5.91 Å². The molecule has 1 aliphatic heterocycles. The summed E-state index contributed by atoms with van der Waals surface area (Å²) in [5.74, 6) is 0.932. The van der Waals surface area contributed by atoms with Gasteiger partial charge in [-0.05, 0) is 30.5 Å². The fourth-order valence-electron chi connectivity index (χ4n) is 3.12. The van der Waals surface area contributed by atoms with Gasteiger partial charge < -0.3 is 9.64 Å². The van der Waals surface area contributed by atoms with Gasteiger partial charge in [0.05, 0.1) is 13.2 Å². The Labute approximate surface area is 136 Å². The van der Waals surface area contributed by atoms with Crippen LogP contribution in [-0.4, -0.2) is 39.2 Å². The van der Waals surface area contributed by atoms with Crippen molar-refractivity contribution in [3.05, 3.63) is 42.5 Å². The molecule has 6 heteroatoms. The first-order chi connectivity index (χ1) is 11.3. The van der Waals surface area contributed by atoms with Crippen molar-refractivity contribution in [3.63, 3.8) is 0 Å². The van der Waals surface area contributed by atoms with Gasteiger partial charge in [0.2, 0.25) is 5.91 Å². The lowest BCUT2D eigenvalue weighted by Gasteiger charge is -2.30. The van der Waals surface area contributed by atoms with E-state index < -0.39 is 0 Å². The number of carbonyl (C=O) groups excluding carboxylic acids is 1. The van der Waals surface area contributed by atoms with E-state index in [4.69, 9.17) is 4.74 Å². The van der Waals surface area contributed by atoms with E-state index in [2.05, 4.69) is 22.2 Å². The summed E-state index contributed by atoms with van der Waals surface area (Å²) in [6.07, 6.45) is 7.39. The Morgan fingerprint density at radius 2 is 2.09 bits per heavy atom. The maximum atomic E-state index is 12.7. The average Bonchev–Trinajstić information content (AvgIpc) is 2.96. The summed E-state index contributed by atoms with van der Waals surface area (Å²) >= 11 is 0. The average molecular weight is 314 g/mol. The van der Waals surface area contributed by atoms with Crippen molar-refractivity contribution in [2.45, 2.75) is 38.3 Å². The highest BCUT2D eigenvalue weighted by molar-refractivity contribution is 5.76. The van der Waals surface area contributed by atoms with E-state index in [1.165, 1.54) is 18.3 Å². The van der Waals surface area contributed by atoms with Crippen LogP contribution in [0, 0.1) is 0 Å². The van der Waals surface area contributed by atoms with Gasteiger partial charge >= 0.3 is 0 Å². The number of rotatable bonds is 4. The van der Waals surface area contributed by atoms with E-state index in [-0.39, 0.29) is 18.5 Å². The van der Waals surface area contributed by atoms with Gasteiger partial charge in [-0.1, -0.05) is 25.0 Å². The van der Waals surface area contributed by atoms with E-state index >= 15 is 0 Å². The summed E-state index contributed by atoms with van der Waals surface area (Å²) < 4.78 is 6.81. The van der Waals surface area contributed by atoms with Crippen molar-refractivity contribution in [3.8, 4) is 5.75 Å². The first-order valence-corrected chi connectivity index (χ1v) is 8.04. The molecule has 0 saturated carbocycles. The molecule has 2 heterocycles. The van der Waals surface area contributed by atoms with Crippen molar-refractivity contribution in [2.75, 3.05) is 13.7 Å². The zero-order valence-corrected chi connectivity index (χ0v) is 13.4. The van der Waals surface area contributed by atoms with Crippen molar-refractivity contribution in [2.24, 2.45) is 0 Å². The molecule has 23 heavy (non-hydrogen) atoms. The Kier molecular flexibility index (Phi) is 4.90. The lowest BCUT2D eigenvalue weighted by Crippen LogP contribution is -2.37. The van der Waals surface area contributed by atoms with E-state index in [1.54, 1.807) is 18.1 Å². The lowest BCUT2D eigenvalue weighted by molar-refractivity contribution is -0.134. The molecule has 0 aliphatic carbocycles. The second-order valence-electron chi connectivity index (χ2n) is 5.82. The zero-order chi connectivity index (χ0) is 16.1. The molecule has 0 bridgehead atoms. The van der Waals surface area contributed by atoms with Crippen LogP contribution < -0.4 is 4.74 Å². The highest BCUT2D eigenvalue weighted by Crippen LogP contribution is 2.31. The fraction of sp³-hybridized carbons (Fsp3) is 0.471. The first-order valence-electron chi connectivity index (χ1n) is 8.04. The summed E-state index contributed by atoms with van der Waals surface area (Å²) in [5, 5.41) is 4.04. The third-order valence-corrected chi connectivity index (χ3v) is 4.34. The van der Waals surface area contributed by atoms with Gasteiger partial charge in [-0.25, -0.2) is 9.67 Å². The number of nitrogens with zero attached hydrogens (tertiary/aromatic N) is 4. The summed E-state index contributed by atoms with van der Waals surface area (Å²) in [7, 11) is 1.66. The maximum Gasteiger partial charge on any atom is 0.244 e. The van der Waals surface area contributed by atoms with Crippen molar-refractivity contribution in [1.82, 2.24) is 19.7 Å². The van der Waals surface area contributed by atoms with E-state index in [9.17, 15) is 4.79 Å². The summed E-state index contributed by atoms with van der Waals surface area (Å²) in [6, 6.07) is 8.16. The molecule has 1 aliphatic rings. The number of hydrogen-bond acceptors (Lipinski definition) is 4. The summed E-state index contributed by atoms with van der Waals surface area (Å²) in [4.78, 5) is 18.6. The van der Waals surface area contributed by atoms with Crippen LogP contribution in [0.4, 0.5) is 0 Å². The molecule has 0 radical (unpaired) electrons. The van der Waals surface area contributed by atoms with Crippen LogP contribution in [0.3, 0.4) is 0 Å². The zero-order valence-electron chi connectivity index (χ0n) is 13.4. The second-order valence-corrected chi connectivity index (χ2v) is 5.82. The van der Waals surface area contributed by atoms with Crippen LogP contribution in [0.1, 0.15) is 37.3 Å². The van der Waals surface area contributed by atoms with Crippen LogP contribution in [0.5, 0.6) is 5.75 Å². The Bertz CT molecular complexity index is 625. The molecule has 1 atom stereocenters. The van der Waals surface area contributed by atoms with Gasteiger partial charge in [0, 0.05) is 6.54 Å². The van der Waals surface area contributed by atoms with Crippen molar-refractivity contribution in [1.29, 1.82) is 0 Å². The second kappa shape index (κ2) is 7.26. The van der Waals surface area contributed by atoms with Gasteiger partial charge in [-0.15, -0.1) is 0 Å². The van der Waals surface area contributed by atoms with E-state index in [0.29, 0.717) is 0 Å². The Morgan fingerprint density at radius 1 is 1.26 bits per heavy atom. The maximum absolute atomic E-state index is 12.7. The minimum Gasteiger partial charge on any atom is -0.497 e. The number of likely N-dealkylation sites (tertiary alicyclic amines) is 1. The molecule has 6 nitrogen and oxygen atoms in total. The molecule has 1 fully saturated rings. The smallest absolute Gasteiger partial charge is 0.244 e. The molecule has 0 N–H and O–H groups in total. The minimum atomic E-state index is 0.0956. The number of carbonyl (C=O) groups is 1. The molecule has 1 aromatic heterocycles. The summed E-state index contributed by atoms with van der Waals surface area (Å²) in [6.45, 7) is 1.04. The topological polar surface area (TPSA) is 60.2 Å². The van der Waals surface area contributed by atoms with Gasteiger partial charge in [-0.3, -0.25) is 4.79 Å². The number of methoxy groups -OCH3 is 1.